The summed E-state index contributed by atoms with van der Waals surface area (Å²) in [6.45, 7) is 2.63. The van der Waals surface area contributed by atoms with Crippen molar-refractivity contribution in [2.75, 3.05) is 6.54 Å². The van der Waals surface area contributed by atoms with Crippen LogP contribution in [0.3, 0.4) is 0 Å². The fourth-order valence-electron chi connectivity index (χ4n) is 1.76. The van der Waals surface area contributed by atoms with Gasteiger partial charge in [0.05, 0.1) is 12.8 Å². The van der Waals surface area contributed by atoms with Gasteiger partial charge in [-0.25, -0.2) is 13.4 Å². The summed E-state index contributed by atoms with van der Waals surface area (Å²) >= 11 is 0. The summed E-state index contributed by atoms with van der Waals surface area (Å²) in [5.74, 6) is 0.592. The SMILES string of the molecule is CCN(Cc1ccco1)S(=O)(=O)c1ccc(CN)cn1. The van der Waals surface area contributed by atoms with Gasteiger partial charge in [0.1, 0.15) is 5.76 Å². The average Bonchev–Trinajstić information content (AvgIpc) is 2.97. The Hall–Kier alpha value is -1.70. The van der Waals surface area contributed by atoms with E-state index >= 15 is 0 Å². The van der Waals surface area contributed by atoms with Crippen molar-refractivity contribution in [1.82, 2.24) is 9.29 Å². The van der Waals surface area contributed by atoms with Gasteiger partial charge in [0.15, 0.2) is 5.03 Å². The molecular formula is C13H17N3O3S. The highest BCUT2D eigenvalue weighted by Gasteiger charge is 2.25. The zero-order valence-corrected chi connectivity index (χ0v) is 12.0. The molecule has 0 aliphatic rings. The Morgan fingerprint density at radius 2 is 2.15 bits per heavy atom. The van der Waals surface area contributed by atoms with Gasteiger partial charge in [0.25, 0.3) is 10.0 Å². The van der Waals surface area contributed by atoms with Gasteiger partial charge in [-0.05, 0) is 23.8 Å². The first-order valence-corrected chi connectivity index (χ1v) is 7.69. The van der Waals surface area contributed by atoms with Crippen molar-refractivity contribution in [3.05, 3.63) is 48.0 Å². The van der Waals surface area contributed by atoms with Crippen LogP contribution in [0.25, 0.3) is 0 Å². The molecule has 0 amide bonds. The van der Waals surface area contributed by atoms with Crippen LogP contribution in [-0.4, -0.2) is 24.3 Å². The first-order chi connectivity index (χ1) is 9.57. The number of hydrogen-bond acceptors (Lipinski definition) is 5. The third-order valence-electron chi connectivity index (χ3n) is 2.90. The van der Waals surface area contributed by atoms with Gasteiger partial charge in [-0.1, -0.05) is 13.0 Å². The van der Waals surface area contributed by atoms with E-state index in [1.165, 1.54) is 22.8 Å². The van der Waals surface area contributed by atoms with E-state index in [1.807, 2.05) is 0 Å². The molecule has 2 rings (SSSR count). The molecule has 2 aromatic heterocycles. The number of rotatable bonds is 6. The van der Waals surface area contributed by atoms with E-state index in [2.05, 4.69) is 4.98 Å². The second-order valence-electron chi connectivity index (χ2n) is 4.22. The molecule has 0 atom stereocenters. The summed E-state index contributed by atoms with van der Waals surface area (Å²) in [4.78, 5) is 3.98. The van der Waals surface area contributed by atoms with Crippen LogP contribution in [0, 0.1) is 0 Å². The molecule has 7 heteroatoms. The normalized spacial score (nSPS) is 11.9. The summed E-state index contributed by atoms with van der Waals surface area (Å²) in [5.41, 5.74) is 6.26. The third kappa shape index (κ3) is 3.06. The van der Waals surface area contributed by atoms with E-state index in [-0.39, 0.29) is 11.6 Å². The number of aromatic nitrogens is 1. The van der Waals surface area contributed by atoms with Gasteiger partial charge < -0.3 is 10.2 Å². The van der Waals surface area contributed by atoms with Crippen LogP contribution in [0.1, 0.15) is 18.2 Å². The van der Waals surface area contributed by atoms with E-state index in [0.29, 0.717) is 18.8 Å². The van der Waals surface area contributed by atoms with Crippen LogP contribution in [-0.2, 0) is 23.1 Å². The van der Waals surface area contributed by atoms with Gasteiger partial charge in [-0.15, -0.1) is 0 Å². The second kappa shape index (κ2) is 6.17. The lowest BCUT2D eigenvalue weighted by molar-refractivity contribution is 0.374. The molecule has 0 aliphatic heterocycles. The minimum absolute atomic E-state index is 0.0168. The Morgan fingerprint density at radius 1 is 1.35 bits per heavy atom. The molecular weight excluding hydrogens is 278 g/mol. The second-order valence-corrected chi connectivity index (χ2v) is 6.10. The quantitative estimate of drug-likeness (QED) is 0.868. The molecule has 20 heavy (non-hydrogen) atoms. The number of nitrogens with two attached hydrogens (primary N) is 1. The lowest BCUT2D eigenvalue weighted by Gasteiger charge is -2.18. The van der Waals surface area contributed by atoms with Crippen LogP contribution in [0.15, 0.2) is 46.2 Å². The Bertz CT molecular complexity index is 636. The largest absolute Gasteiger partial charge is 0.468 e. The van der Waals surface area contributed by atoms with E-state index < -0.39 is 10.0 Å². The van der Waals surface area contributed by atoms with E-state index in [9.17, 15) is 8.42 Å². The van der Waals surface area contributed by atoms with Crippen molar-refractivity contribution < 1.29 is 12.8 Å². The summed E-state index contributed by atoms with van der Waals surface area (Å²) in [7, 11) is -3.63. The van der Waals surface area contributed by atoms with Crippen LogP contribution >= 0.6 is 0 Å². The monoisotopic (exact) mass is 295 g/mol. The lowest BCUT2D eigenvalue weighted by atomic mass is 10.3. The number of sulfonamides is 1. The Labute approximate surface area is 118 Å². The van der Waals surface area contributed by atoms with Crippen LogP contribution in [0.5, 0.6) is 0 Å². The minimum Gasteiger partial charge on any atom is -0.468 e. The smallest absolute Gasteiger partial charge is 0.260 e. The molecule has 0 radical (unpaired) electrons. The molecule has 0 spiro atoms. The van der Waals surface area contributed by atoms with Crippen molar-refractivity contribution in [2.24, 2.45) is 5.73 Å². The van der Waals surface area contributed by atoms with E-state index in [0.717, 1.165) is 5.56 Å². The molecule has 0 unspecified atom stereocenters. The topological polar surface area (TPSA) is 89.4 Å². The zero-order chi connectivity index (χ0) is 14.6. The van der Waals surface area contributed by atoms with Gasteiger partial charge in [-0.2, -0.15) is 4.31 Å². The molecule has 0 aromatic carbocycles. The Balaban J connectivity index is 2.26. The summed E-state index contributed by atoms with van der Waals surface area (Å²) < 4.78 is 31.5. The predicted octanol–water partition coefficient (Wildman–Crippen LogP) is 1.34. The van der Waals surface area contributed by atoms with Crippen LogP contribution in [0.4, 0.5) is 0 Å². The minimum atomic E-state index is -3.63. The van der Waals surface area contributed by atoms with Gasteiger partial charge in [0, 0.05) is 19.3 Å². The van der Waals surface area contributed by atoms with Crippen molar-refractivity contribution >= 4 is 10.0 Å². The van der Waals surface area contributed by atoms with Crippen molar-refractivity contribution in [1.29, 1.82) is 0 Å². The van der Waals surface area contributed by atoms with E-state index in [1.54, 1.807) is 25.1 Å². The van der Waals surface area contributed by atoms with Crippen LogP contribution in [0.2, 0.25) is 0 Å². The third-order valence-corrected chi connectivity index (χ3v) is 4.74. The Morgan fingerprint density at radius 3 is 2.65 bits per heavy atom. The fraction of sp³-hybridized carbons (Fsp3) is 0.308. The average molecular weight is 295 g/mol. The maximum absolute atomic E-state index is 12.5. The highest BCUT2D eigenvalue weighted by molar-refractivity contribution is 7.89. The highest BCUT2D eigenvalue weighted by atomic mass is 32.2. The van der Waals surface area contributed by atoms with Crippen molar-refractivity contribution in [3.63, 3.8) is 0 Å². The van der Waals surface area contributed by atoms with Gasteiger partial charge >= 0.3 is 0 Å². The first kappa shape index (κ1) is 14.7. The molecule has 0 saturated heterocycles. The molecule has 108 valence electrons. The van der Waals surface area contributed by atoms with Crippen molar-refractivity contribution in [2.45, 2.75) is 25.0 Å². The number of hydrogen-bond donors (Lipinski definition) is 1. The summed E-state index contributed by atoms with van der Waals surface area (Å²) in [6, 6.07) is 6.61. The molecule has 2 N–H and O–H groups in total. The summed E-state index contributed by atoms with van der Waals surface area (Å²) in [5, 5.41) is 0.0168. The molecule has 2 heterocycles. The molecule has 2 aromatic rings. The van der Waals surface area contributed by atoms with Crippen LogP contribution < -0.4 is 5.73 Å². The maximum Gasteiger partial charge on any atom is 0.260 e. The highest BCUT2D eigenvalue weighted by Crippen LogP contribution is 2.16. The van der Waals surface area contributed by atoms with Gasteiger partial charge in [0.2, 0.25) is 0 Å². The maximum atomic E-state index is 12.5. The number of nitrogens with zero attached hydrogens (tertiary/aromatic N) is 2. The molecule has 0 fully saturated rings. The summed E-state index contributed by atoms with van der Waals surface area (Å²) in [6.07, 6.45) is 3.00. The zero-order valence-electron chi connectivity index (χ0n) is 11.2. The van der Waals surface area contributed by atoms with Gasteiger partial charge in [-0.3, -0.25) is 0 Å². The fourth-order valence-corrected chi connectivity index (χ4v) is 3.09. The number of pyridine rings is 1. The number of furan rings is 1. The predicted molar refractivity (Wildman–Crippen MR) is 74.1 cm³/mol. The lowest BCUT2D eigenvalue weighted by Crippen LogP contribution is -2.31. The Kier molecular flexibility index (Phi) is 4.53. The van der Waals surface area contributed by atoms with E-state index in [4.69, 9.17) is 10.2 Å². The van der Waals surface area contributed by atoms with Crippen molar-refractivity contribution in [3.8, 4) is 0 Å². The standard InChI is InChI=1S/C13H17N3O3S/c1-2-16(10-12-4-3-7-19-12)20(17,18)13-6-5-11(8-14)9-15-13/h3-7,9H,2,8,10,14H2,1H3. The first-order valence-electron chi connectivity index (χ1n) is 6.25. The molecule has 6 nitrogen and oxygen atoms in total. The molecule has 0 bridgehead atoms. The molecule has 0 aliphatic carbocycles. The molecule has 0 saturated carbocycles.